The lowest BCUT2D eigenvalue weighted by Crippen LogP contribution is -2.20. The number of alkyl halides is 1. The monoisotopic (exact) mass is 429 g/mol. The van der Waals surface area contributed by atoms with Crippen molar-refractivity contribution in [3.63, 3.8) is 0 Å². The number of benzene rings is 1. The van der Waals surface area contributed by atoms with Gasteiger partial charge in [0.25, 0.3) is 0 Å². The summed E-state index contributed by atoms with van der Waals surface area (Å²) < 4.78 is 14.0. The van der Waals surface area contributed by atoms with E-state index in [0.717, 1.165) is 15.2 Å². The van der Waals surface area contributed by atoms with Crippen molar-refractivity contribution in [2.75, 3.05) is 5.32 Å². The van der Waals surface area contributed by atoms with Crippen LogP contribution in [-0.4, -0.2) is 20.2 Å². The summed E-state index contributed by atoms with van der Waals surface area (Å²) in [6.45, 7) is 2.73. The minimum atomic E-state index is -1.13. The lowest BCUT2D eigenvalue weighted by Gasteiger charge is -2.24. The van der Waals surface area contributed by atoms with Crippen LogP contribution in [0.3, 0.4) is 0 Å². The summed E-state index contributed by atoms with van der Waals surface area (Å²) in [4.78, 5) is 9.02. The van der Waals surface area contributed by atoms with Gasteiger partial charge in [0.15, 0.2) is 6.23 Å². The molecule has 2 aromatic heterocycles. The van der Waals surface area contributed by atoms with E-state index in [9.17, 15) is 14.6 Å². The molecule has 7 heteroatoms. The number of aromatic nitrogens is 2. The Morgan fingerprint density at radius 1 is 1.20 bits per heavy atom. The minimum Gasteiger partial charge on any atom is -0.386 e. The summed E-state index contributed by atoms with van der Waals surface area (Å²) in [5, 5.41) is 25.6. The highest BCUT2D eigenvalue weighted by molar-refractivity contribution is 7.18. The molecule has 4 rings (SSSR count). The molecule has 2 heterocycles. The van der Waals surface area contributed by atoms with E-state index >= 15 is 0 Å². The van der Waals surface area contributed by atoms with Crippen LogP contribution in [0.5, 0.6) is 0 Å². The van der Waals surface area contributed by atoms with E-state index in [0.29, 0.717) is 22.9 Å². The Morgan fingerprint density at radius 2 is 1.97 bits per heavy atom. The van der Waals surface area contributed by atoms with Crippen LogP contribution in [0.4, 0.5) is 10.1 Å². The molecule has 1 aromatic carbocycles. The Morgan fingerprint density at radius 3 is 2.67 bits per heavy atom. The number of hydrogen-bond acceptors (Lipinski definition) is 6. The predicted octanol–water partition coefficient (Wildman–Crippen LogP) is 5.54. The number of hydrogen-bond donors (Lipinski definition) is 3. The van der Waals surface area contributed by atoms with Gasteiger partial charge in [-0.2, -0.15) is 0 Å². The van der Waals surface area contributed by atoms with E-state index in [4.69, 9.17) is 4.98 Å². The van der Waals surface area contributed by atoms with Crippen LogP contribution in [0, 0.1) is 0 Å². The third-order valence-electron chi connectivity index (χ3n) is 5.70. The van der Waals surface area contributed by atoms with Crippen LogP contribution < -0.4 is 5.32 Å². The fourth-order valence-corrected chi connectivity index (χ4v) is 5.25. The van der Waals surface area contributed by atoms with Gasteiger partial charge in [-0.25, -0.2) is 9.37 Å². The number of pyridine rings is 1. The molecule has 1 atom stereocenters. The molecule has 1 aliphatic carbocycles. The molecule has 30 heavy (non-hydrogen) atoms. The topological polar surface area (TPSA) is 78.3 Å². The van der Waals surface area contributed by atoms with Gasteiger partial charge in [0, 0.05) is 17.2 Å². The molecule has 1 saturated carbocycles. The molecule has 1 fully saturated rings. The normalized spacial score (nSPS) is 16.7. The molecular weight excluding hydrogens is 401 g/mol. The Kier molecular flexibility index (Phi) is 6.04. The summed E-state index contributed by atoms with van der Waals surface area (Å²) in [7, 11) is 0. The van der Waals surface area contributed by atoms with Gasteiger partial charge in [0.05, 0.1) is 32.2 Å². The second kappa shape index (κ2) is 8.57. The average Bonchev–Trinajstić information content (AvgIpc) is 3.16. The molecule has 0 saturated heterocycles. The number of nitrogens with one attached hydrogen (secondary N) is 1. The number of anilines is 1. The second-order valence-corrected chi connectivity index (χ2v) is 9.61. The molecule has 0 aliphatic heterocycles. The zero-order valence-electron chi connectivity index (χ0n) is 17.4. The van der Waals surface area contributed by atoms with Crippen LogP contribution in [0.15, 0.2) is 30.3 Å². The Bertz CT molecular complexity index is 1020. The van der Waals surface area contributed by atoms with Gasteiger partial charge in [0.1, 0.15) is 6.67 Å². The Balaban J connectivity index is 1.69. The van der Waals surface area contributed by atoms with Crippen LogP contribution in [-0.2, 0) is 12.3 Å². The minimum absolute atomic E-state index is 0.270. The highest BCUT2D eigenvalue weighted by Gasteiger charge is 2.25. The van der Waals surface area contributed by atoms with Crippen molar-refractivity contribution in [3.8, 4) is 0 Å². The molecule has 0 amide bonds. The number of halogens is 1. The zero-order chi connectivity index (χ0) is 21.3. The van der Waals surface area contributed by atoms with E-state index in [2.05, 4.69) is 10.3 Å². The fraction of sp³-hybridized carbons (Fsp3) is 0.478. The predicted molar refractivity (Wildman–Crippen MR) is 118 cm³/mol. The SMILES string of the molecule is CC(C)(O)c1cc2nc(C3CCCCC3)sc2cc1NC(O)c1cccc(CF)n1. The van der Waals surface area contributed by atoms with E-state index in [-0.39, 0.29) is 5.69 Å². The standard InChI is InChI=1S/C23H28FN3O2S/c1-23(2,29)16-11-19-20(30-22(27-19)14-7-4-3-5-8-14)12-18(16)26-21(28)17-10-6-9-15(13-24)25-17/h6,9-12,14,21,26,28-29H,3-5,7-8,13H2,1-2H3. The summed E-state index contributed by atoms with van der Waals surface area (Å²) in [6.07, 6.45) is 5.03. The number of rotatable bonds is 6. The van der Waals surface area contributed by atoms with Crippen LogP contribution in [0.1, 0.15) is 80.1 Å². The summed E-state index contributed by atoms with van der Waals surface area (Å²) in [5.74, 6) is 0.511. The quantitative estimate of drug-likeness (QED) is 0.449. The van der Waals surface area contributed by atoms with Crippen molar-refractivity contribution in [1.82, 2.24) is 9.97 Å². The second-order valence-electron chi connectivity index (χ2n) is 8.55. The highest BCUT2D eigenvalue weighted by Crippen LogP contribution is 2.40. The molecule has 3 N–H and O–H groups in total. The average molecular weight is 430 g/mol. The lowest BCUT2D eigenvalue weighted by molar-refractivity contribution is 0.0791. The molecule has 3 aromatic rings. The molecule has 0 bridgehead atoms. The Hall–Kier alpha value is -2.09. The third-order valence-corrected chi connectivity index (χ3v) is 6.88. The van der Waals surface area contributed by atoms with E-state index in [1.807, 2.05) is 12.1 Å². The van der Waals surface area contributed by atoms with E-state index in [1.54, 1.807) is 43.4 Å². The van der Waals surface area contributed by atoms with Gasteiger partial charge in [-0.15, -0.1) is 11.3 Å². The summed E-state index contributed by atoms with van der Waals surface area (Å²) in [6, 6.07) is 8.73. The third kappa shape index (κ3) is 4.48. The first kappa shape index (κ1) is 21.2. The van der Waals surface area contributed by atoms with Crippen molar-refractivity contribution in [3.05, 3.63) is 52.3 Å². The number of aliphatic hydroxyl groups is 2. The van der Waals surface area contributed by atoms with Crippen LogP contribution in [0.25, 0.3) is 10.2 Å². The molecule has 0 radical (unpaired) electrons. The maximum absolute atomic E-state index is 12.9. The number of aliphatic hydroxyl groups excluding tert-OH is 1. The van der Waals surface area contributed by atoms with Gasteiger partial charge >= 0.3 is 0 Å². The lowest BCUT2D eigenvalue weighted by atomic mass is 9.90. The Labute approximate surface area is 180 Å². The van der Waals surface area contributed by atoms with Gasteiger partial charge in [-0.3, -0.25) is 4.98 Å². The molecule has 0 spiro atoms. The molecule has 160 valence electrons. The van der Waals surface area contributed by atoms with Crippen molar-refractivity contribution in [2.24, 2.45) is 0 Å². The van der Waals surface area contributed by atoms with Gasteiger partial charge in [-0.05, 0) is 51.0 Å². The first-order valence-electron chi connectivity index (χ1n) is 10.5. The molecule has 1 unspecified atom stereocenters. The van der Waals surface area contributed by atoms with Crippen molar-refractivity contribution in [1.29, 1.82) is 0 Å². The molecule has 5 nitrogen and oxygen atoms in total. The molecule has 1 aliphatic rings. The first-order valence-corrected chi connectivity index (χ1v) is 11.3. The first-order chi connectivity index (χ1) is 14.3. The van der Waals surface area contributed by atoms with E-state index < -0.39 is 18.5 Å². The zero-order valence-corrected chi connectivity index (χ0v) is 18.2. The van der Waals surface area contributed by atoms with Crippen molar-refractivity contribution < 1.29 is 14.6 Å². The number of fused-ring (bicyclic) bond motifs is 1. The summed E-state index contributed by atoms with van der Waals surface area (Å²) in [5.41, 5.74) is 1.62. The largest absolute Gasteiger partial charge is 0.386 e. The maximum Gasteiger partial charge on any atom is 0.168 e. The van der Waals surface area contributed by atoms with Crippen LogP contribution >= 0.6 is 11.3 Å². The number of thiazole rings is 1. The summed E-state index contributed by atoms with van der Waals surface area (Å²) >= 11 is 1.69. The fourth-order valence-electron chi connectivity index (χ4n) is 4.09. The molecular formula is C23H28FN3O2S. The smallest absolute Gasteiger partial charge is 0.168 e. The van der Waals surface area contributed by atoms with Crippen molar-refractivity contribution >= 4 is 27.2 Å². The van der Waals surface area contributed by atoms with E-state index in [1.165, 1.54) is 32.1 Å². The van der Waals surface area contributed by atoms with Crippen molar-refractivity contribution in [2.45, 2.75) is 70.4 Å². The van der Waals surface area contributed by atoms with Gasteiger partial charge < -0.3 is 15.5 Å². The number of nitrogens with zero attached hydrogens (tertiary/aromatic N) is 2. The van der Waals surface area contributed by atoms with Crippen LogP contribution in [0.2, 0.25) is 0 Å². The van der Waals surface area contributed by atoms with Gasteiger partial charge in [-0.1, -0.05) is 25.3 Å². The van der Waals surface area contributed by atoms with Gasteiger partial charge in [0.2, 0.25) is 0 Å². The maximum atomic E-state index is 12.9. The highest BCUT2D eigenvalue weighted by atomic mass is 32.1.